The number of hydrogen-bond donors (Lipinski definition) is 2. The van der Waals surface area contributed by atoms with Crippen LogP contribution >= 0.6 is 0 Å². The zero-order valence-electron chi connectivity index (χ0n) is 12.4. The van der Waals surface area contributed by atoms with E-state index >= 15 is 0 Å². The van der Waals surface area contributed by atoms with Crippen LogP contribution in [0, 0.1) is 6.92 Å². The maximum atomic E-state index is 12.7. The molecule has 0 aromatic heterocycles. The van der Waals surface area contributed by atoms with Crippen LogP contribution in [0.1, 0.15) is 30.4 Å². The van der Waals surface area contributed by atoms with Crippen molar-refractivity contribution in [2.45, 2.75) is 49.7 Å². The van der Waals surface area contributed by atoms with Gasteiger partial charge in [0, 0.05) is 25.2 Å². The highest BCUT2D eigenvalue weighted by Crippen LogP contribution is 2.29. The van der Waals surface area contributed by atoms with E-state index in [0.717, 1.165) is 37.1 Å². The monoisotopic (exact) mass is 309 g/mol. The van der Waals surface area contributed by atoms with Gasteiger partial charge in [0.05, 0.1) is 4.90 Å². The van der Waals surface area contributed by atoms with Gasteiger partial charge < -0.3 is 5.73 Å². The van der Waals surface area contributed by atoms with Crippen molar-refractivity contribution in [3.63, 3.8) is 0 Å². The predicted octanol–water partition coefficient (Wildman–Crippen LogP) is 0.969. The summed E-state index contributed by atoms with van der Waals surface area (Å²) in [6.07, 6.45) is 3.17. The Morgan fingerprint density at radius 2 is 2.14 bits per heavy atom. The number of rotatable bonds is 4. The van der Waals surface area contributed by atoms with Gasteiger partial charge in [-0.1, -0.05) is 12.1 Å². The minimum atomic E-state index is -3.48. The first-order valence-corrected chi connectivity index (χ1v) is 9.06. The molecule has 2 heterocycles. The molecule has 21 heavy (non-hydrogen) atoms. The van der Waals surface area contributed by atoms with E-state index in [1.165, 1.54) is 6.42 Å². The molecule has 0 bridgehead atoms. The second-order valence-corrected chi connectivity index (χ2v) is 7.69. The Hall–Kier alpha value is -0.950. The average Bonchev–Trinajstić information content (AvgIpc) is 3.04. The van der Waals surface area contributed by atoms with Crippen molar-refractivity contribution in [3.8, 4) is 0 Å². The maximum Gasteiger partial charge on any atom is 0.241 e. The highest BCUT2D eigenvalue weighted by atomic mass is 32.2. The molecule has 2 fully saturated rings. The lowest BCUT2D eigenvalue weighted by atomic mass is 10.1. The summed E-state index contributed by atoms with van der Waals surface area (Å²) in [4.78, 5) is 2.76. The fraction of sp³-hybridized carbons (Fsp3) is 0.600. The molecule has 0 radical (unpaired) electrons. The smallest absolute Gasteiger partial charge is 0.241 e. The first-order chi connectivity index (χ1) is 10.0. The van der Waals surface area contributed by atoms with Crippen molar-refractivity contribution in [1.29, 1.82) is 0 Å². The summed E-state index contributed by atoms with van der Waals surface area (Å²) in [6, 6.07) is 5.72. The largest absolute Gasteiger partial charge is 0.326 e. The Bertz CT molecular complexity index is 630. The number of hydrogen-bond acceptors (Lipinski definition) is 4. The molecule has 1 aromatic rings. The van der Waals surface area contributed by atoms with Gasteiger partial charge in [0.1, 0.15) is 0 Å². The first kappa shape index (κ1) is 15.0. The van der Waals surface area contributed by atoms with Crippen LogP contribution in [-0.4, -0.2) is 38.5 Å². The molecule has 0 amide bonds. The van der Waals surface area contributed by atoms with Gasteiger partial charge in [-0.15, -0.1) is 0 Å². The van der Waals surface area contributed by atoms with E-state index in [2.05, 4.69) is 9.62 Å². The van der Waals surface area contributed by atoms with E-state index in [0.29, 0.717) is 17.5 Å². The van der Waals surface area contributed by atoms with E-state index in [1.807, 2.05) is 13.0 Å². The van der Waals surface area contributed by atoms with Gasteiger partial charge in [0.2, 0.25) is 10.0 Å². The Morgan fingerprint density at radius 1 is 1.33 bits per heavy atom. The van der Waals surface area contributed by atoms with Crippen molar-refractivity contribution in [1.82, 2.24) is 9.62 Å². The summed E-state index contributed by atoms with van der Waals surface area (Å²) in [6.45, 7) is 4.28. The number of nitrogens with zero attached hydrogens (tertiary/aromatic N) is 1. The fourth-order valence-corrected chi connectivity index (χ4v) is 5.25. The maximum absolute atomic E-state index is 12.7. The fourth-order valence-electron chi connectivity index (χ4n) is 3.65. The predicted molar refractivity (Wildman–Crippen MR) is 82.4 cm³/mol. The molecule has 2 unspecified atom stereocenters. The quantitative estimate of drug-likeness (QED) is 0.869. The molecule has 1 aromatic carbocycles. The molecule has 6 heteroatoms. The van der Waals surface area contributed by atoms with E-state index in [1.54, 1.807) is 12.1 Å². The molecular formula is C15H23N3O2S. The van der Waals surface area contributed by atoms with Gasteiger partial charge in [-0.25, -0.2) is 13.1 Å². The minimum Gasteiger partial charge on any atom is -0.326 e. The summed E-state index contributed by atoms with van der Waals surface area (Å²) >= 11 is 0. The molecule has 5 nitrogen and oxygen atoms in total. The van der Waals surface area contributed by atoms with E-state index in [4.69, 9.17) is 5.73 Å². The lowest BCUT2D eigenvalue weighted by Gasteiger charge is -2.22. The third-order valence-corrected chi connectivity index (χ3v) is 6.45. The SMILES string of the molecule is Cc1c(CN)cccc1S(=O)(=O)NC1CCN2CCCC12. The topological polar surface area (TPSA) is 75.4 Å². The van der Waals surface area contributed by atoms with Crippen LogP contribution in [-0.2, 0) is 16.6 Å². The third kappa shape index (κ3) is 2.73. The molecule has 2 atom stereocenters. The summed E-state index contributed by atoms with van der Waals surface area (Å²) in [5.74, 6) is 0. The standard InChI is InChI=1S/C15H23N3O2S/c1-11-12(10-16)4-2-6-15(11)21(19,20)17-13-7-9-18-8-3-5-14(13)18/h2,4,6,13-14,17H,3,5,7-10,16H2,1H3. The van der Waals surface area contributed by atoms with Crippen molar-refractivity contribution < 1.29 is 8.42 Å². The molecular weight excluding hydrogens is 286 g/mol. The van der Waals surface area contributed by atoms with Crippen LogP contribution in [0.25, 0.3) is 0 Å². The van der Waals surface area contributed by atoms with Gasteiger partial charge in [0.15, 0.2) is 0 Å². The second kappa shape index (κ2) is 5.68. The van der Waals surface area contributed by atoms with Gasteiger partial charge in [0.25, 0.3) is 0 Å². The van der Waals surface area contributed by atoms with Gasteiger partial charge in [-0.2, -0.15) is 0 Å². The molecule has 116 valence electrons. The number of sulfonamides is 1. The van der Waals surface area contributed by atoms with Crippen LogP contribution in [0.2, 0.25) is 0 Å². The molecule has 0 spiro atoms. The van der Waals surface area contributed by atoms with Gasteiger partial charge in [-0.3, -0.25) is 4.90 Å². The Morgan fingerprint density at radius 3 is 2.90 bits per heavy atom. The first-order valence-electron chi connectivity index (χ1n) is 7.58. The summed E-state index contributed by atoms with van der Waals surface area (Å²) in [5.41, 5.74) is 7.31. The second-order valence-electron chi connectivity index (χ2n) is 6.01. The van der Waals surface area contributed by atoms with Crippen LogP contribution in [0.5, 0.6) is 0 Å². The van der Waals surface area contributed by atoms with Crippen molar-refractivity contribution in [2.24, 2.45) is 5.73 Å². The summed E-state index contributed by atoms with van der Waals surface area (Å²) in [7, 11) is -3.48. The molecule has 2 aliphatic heterocycles. The zero-order valence-corrected chi connectivity index (χ0v) is 13.2. The number of fused-ring (bicyclic) bond motifs is 1. The average molecular weight is 309 g/mol. The summed E-state index contributed by atoms with van der Waals surface area (Å²) in [5, 5.41) is 0. The molecule has 2 saturated heterocycles. The van der Waals surface area contributed by atoms with Crippen molar-refractivity contribution in [2.75, 3.05) is 13.1 Å². The van der Waals surface area contributed by atoms with E-state index < -0.39 is 10.0 Å². The van der Waals surface area contributed by atoms with E-state index in [9.17, 15) is 8.42 Å². The number of benzene rings is 1. The Kier molecular flexibility index (Phi) is 4.05. The lowest BCUT2D eigenvalue weighted by molar-refractivity contribution is 0.309. The molecule has 0 saturated carbocycles. The van der Waals surface area contributed by atoms with Crippen LogP contribution in [0.15, 0.2) is 23.1 Å². The molecule has 0 aliphatic carbocycles. The molecule has 3 rings (SSSR count). The van der Waals surface area contributed by atoms with E-state index in [-0.39, 0.29) is 6.04 Å². The van der Waals surface area contributed by atoms with Crippen molar-refractivity contribution in [3.05, 3.63) is 29.3 Å². The molecule has 2 aliphatic rings. The Labute approximate surface area is 126 Å². The van der Waals surface area contributed by atoms with Gasteiger partial charge in [-0.05, 0) is 49.9 Å². The molecule has 3 N–H and O–H groups in total. The Balaban J connectivity index is 1.84. The minimum absolute atomic E-state index is 0.0402. The number of nitrogens with two attached hydrogens (primary N) is 1. The van der Waals surface area contributed by atoms with Gasteiger partial charge >= 0.3 is 0 Å². The summed E-state index contributed by atoms with van der Waals surface area (Å²) < 4.78 is 28.3. The highest BCUT2D eigenvalue weighted by molar-refractivity contribution is 7.89. The normalized spacial score (nSPS) is 26.2. The highest BCUT2D eigenvalue weighted by Gasteiger charge is 2.39. The van der Waals surface area contributed by atoms with Crippen LogP contribution < -0.4 is 10.5 Å². The lowest BCUT2D eigenvalue weighted by Crippen LogP contribution is -2.42. The van der Waals surface area contributed by atoms with Crippen LogP contribution in [0.4, 0.5) is 0 Å². The van der Waals surface area contributed by atoms with Crippen LogP contribution in [0.3, 0.4) is 0 Å². The van der Waals surface area contributed by atoms with Crippen molar-refractivity contribution >= 4 is 10.0 Å². The third-order valence-electron chi connectivity index (χ3n) is 4.82. The zero-order chi connectivity index (χ0) is 15.0. The number of nitrogens with one attached hydrogen (secondary N) is 1.